The summed E-state index contributed by atoms with van der Waals surface area (Å²) >= 11 is 0. The lowest BCUT2D eigenvalue weighted by Crippen LogP contribution is -2.32. The molecule has 0 unspecified atom stereocenters. The largest absolute Gasteiger partial charge is 0.468 e. The van der Waals surface area contributed by atoms with E-state index in [4.69, 9.17) is 8.83 Å². The van der Waals surface area contributed by atoms with Crippen LogP contribution in [0.15, 0.2) is 69.9 Å². The van der Waals surface area contributed by atoms with Crippen molar-refractivity contribution in [2.75, 3.05) is 11.9 Å². The van der Waals surface area contributed by atoms with Crippen molar-refractivity contribution >= 4 is 11.6 Å². The summed E-state index contributed by atoms with van der Waals surface area (Å²) in [6.07, 6.45) is 3.26. The normalized spacial score (nSPS) is 10.9. The number of nitrogens with one attached hydrogen (secondary N) is 1. The van der Waals surface area contributed by atoms with Crippen LogP contribution in [0.25, 0.3) is 0 Å². The maximum Gasteiger partial charge on any atom is 0.238 e. The summed E-state index contributed by atoms with van der Waals surface area (Å²) in [5, 5.41) is 2.93. The van der Waals surface area contributed by atoms with Crippen molar-refractivity contribution in [1.29, 1.82) is 0 Å². The summed E-state index contributed by atoms with van der Waals surface area (Å²) < 4.78 is 10.8. The fraction of sp³-hybridized carbons (Fsp3) is 0.211. The lowest BCUT2D eigenvalue weighted by atomic mass is 10.2. The van der Waals surface area contributed by atoms with Crippen LogP contribution in [0.4, 0.5) is 5.69 Å². The molecule has 3 aromatic rings. The molecule has 0 spiro atoms. The second-order valence-corrected chi connectivity index (χ2v) is 5.72. The fourth-order valence-electron chi connectivity index (χ4n) is 2.54. The first-order valence-electron chi connectivity index (χ1n) is 7.83. The molecule has 0 saturated carbocycles. The van der Waals surface area contributed by atoms with E-state index >= 15 is 0 Å². The molecule has 1 amide bonds. The number of aryl methyl sites for hydroxylation is 1. The second kappa shape index (κ2) is 7.66. The third-order valence-corrected chi connectivity index (χ3v) is 3.59. The van der Waals surface area contributed by atoms with Crippen molar-refractivity contribution in [3.8, 4) is 0 Å². The predicted molar refractivity (Wildman–Crippen MR) is 91.3 cm³/mol. The van der Waals surface area contributed by atoms with Crippen LogP contribution in [0.2, 0.25) is 0 Å². The number of benzene rings is 1. The van der Waals surface area contributed by atoms with Crippen LogP contribution in [-0.2, 0) is 17.9 Å². The van der Waals surface area contributed by atoms with Gasteiger partial charge in [0.1, 0.15) is 11.5 Å². The van der Waals surface area contributed by atoms with E-state index in [-0.39, 0.29) is 12.5 Å². The monoisotopic (exact) mass is 324 g/mol. The Hall–Kier alpha value is -2.79. The van der Waals surface area contributed by atoms with E-state index in [2.05, 4.69) is 5.32 Å². The van der Waals surface area contributed by atoms with Gasteiger partial charge in [-0.05, 0) is 48.9 Å². The third kappa shape index (κ3) is 4.60. The van der Waals surface area contributed by atoms with E-state index in [1.165, 1.54) is 0 Å². The minimum atomic E-state index is -0.0706. The van der Waals surface area contributed by atoms with Gasteiger partial charge in [-0.2, -0.15) is 0 Å². The molecule has 0 radical (unpaired) electrons. The van der Waals surface area contributed by atoms with E-state index in [0.29, 0.717) is 13.1 Å². The molecule has 0 fully saturated rings. The Morgan fingerprint density at radius 2 is 1.67 bits per heavy atom. The van der Waals surface area contributed by atoms with Gasteiger partial charge in [-0.15, -0.1) is 0 Å². The number of carbonyl (C=O) groups excluding carboxylic acids is 1. The van der Waals surface area contributed by atoms with E-state index in [0.717, 1.165) is 22.8 Å². The number of carbonyl (C=O) groups is 1. The van der Waals surface area contributed by atoms with Gasteiger partial charge in [0, 0.05) is 5.69 Å². The average molecular weight is 324 g/mol. The van der Waals surface area contributed by atoms with Gasteiger partial charge in [-0.25, -0.2) is 0 Å². The molecule has 5 heteroatoms. The highest BCUT2D eigenvalue weighted by Gasteiger charge is 2.15. The summed E-state index contributed by atoms with van der Waals surface area (Å²) in [5.74, 6) is 1.55. The Labute approximate surface area is 140 Å². The maximum atomic E-state index is 12.4. The predicted octanol–water partition coefficient (Wildman–Crippen LogP) is 3.82. The van der Waals surface area contributed by atoms with Gasteiger partial charge in [-0.1, -0.05) is 12.1 Å². The van der Waals surface area contributed by atoms with Gasteiger partial charge in [0.25, 0.3) is 0 Å². The zero-order valence-corrected chi connectivity index (χ0v) is 13.6. The zero-order valence-electron chi connectivity index (χ0n) is 13.6. The Morgan fingerprint density at radius 3 is 2.21 bits per heavy atom. The van der Waals surface area contributed by atoms with Crippen molar-refractivity contribution < 1.29 is 13.6 Å². The first-order chi connectivity index (χ1) is 11.7. The number of anilines is 1. The highest BCUT2D eigenvalue weighted by atomic mass is 16.3. The molecule has 5 nitrogen and oxygen atoms in total. The summed E-state index contributed by atoms with van der Waals surface area (Å²) in [4.78, 5) is 14.4. The van der Waals surface area contributed by atoms with E-state index < -0.39 is 0 Å². The van der Waals surface area contributed by atoms with Crippen molar-refractivity contribution in [3.63, 3.8) is 0 Å². The molecule has 0 aliphatic heterocycles. The first kappa shape index (κ1) is 16.1. The molecule has 0 saturated heterocycles. The van der Waals surface area contributed by atoms with E-state index in [9.17, 15) is 4.79 Å². The van der Waals surface area contributed by atoms with Crippen LogP contribution < -0.4 is 5.32 Å². The molecule has 2 heterocycles. The third-order valence-electron chi connectivity index (χ3n) is 3.59. The number of rotatable bonds is 7. The van der Waals surface area contributed by atoms with Crippen molar-refractivity contribution in [1.82, 2.24) is 4.90 Å². The molecule has 0 aliphatic carbocycles. The smallest absolute Gasteiger partial charge is 0.238 e. The van der Waals surface area contributed by atoms with Crippen LogP contribution in [0.3, 0.4) is 0 Å². The molecule has 1 N–H and O–H groups in total. The Balaban J connectivity index is 1.64. The topological polar surface area (TPSA) is 58.6 Å². The number of hydrogen-bond acceptors (Lipinski definition) is 4. The molecule has 1 aromatic carbocycles. The van der Waals surface area contributed by atoms with Crippen molar-refractivity contribution in [2.45, 2.75) is 20.0 Å². The Morgan fingerprint density at radius 1 is 1.00 bits per heavy atom. The van der Waals surface area contributed by atoms with Gasteiger partial charge in [-0.3, -0.25) is 9.69 Å². The average Bonchev–Trinajstić information content (AvgIpc) is 3.21. The lowest BCUT2D eigenvalue weighted by molar-refractivity contribution is -0.117. The van der Waals surface area contributed by atoms with E-state index in [1.54, 1.807) is 12.5 Å². The van der Waals surface area contributed by atoms with Gasteiger partial charge < -0.3 is 14.2 Å². The van der Waals surface area contributed by atoms with Crippen molar-refractivity contribution in [3.05, 3.63) is 78.1 Å². The van der Waals surface area contributed by atoms with Crippen LogP contribution in [0, 0.1) is 6.92 Å². The van der Waals surface area contributed by atoms with Crippen LogP contribution >= 0.6 is 0 Å². The van der Waals surface area contributed by atoms with Crippen LogP contribution in [0.5, 0.6) is 0 Å². The second-order valence-electron chi connectivity index (χ2n) is 5.72. The van der Waals surface area contributed by atoms with Crippen LogP contribution in [-0.4, -0.2) is 17.4 Å². The molecule has 2 aromatic heterocycles. The fourth-order valence-corrected chi connectivity index (χ4v) is 2.54. The summed E-state index contributed by atoms with van der Waals surface area (Å²) in [6.45, 7) is 3.31. The summed E-state index contributed by atoms with van der Waals surface area (Å²) in [5.41, 5.74) is 1.91. The molecule has 24 heavy (non-hydrogen) atoms. The molecule has 124 valence electrons. The van der Waals surface area contributed by atoms with Gasteiger partial charge in [0.05, 0.1) is 32.2 Å². The highest BCUT2D eigenvalue weighted by Crippen LogP contribution is 2.13. The van der Waals surface area contributed by atoms with Gasteiger partial charge in [0.15, 0.2) is 0 Å². The van der Waals surface area contributed by atoms with Gasteiger partial charge >= 0.3 is 0 Å². The summed E-state index contributed by atoms with van der Waals surface area (Å²) in [7, 11) is 0. The Kier molecular flexibility index (Phi) is 5.13. The highest BCUT2D eigenvalue weighted by molar-refractivity contribution is 5.92. The number of hydrogen-bond donors (Lipinski definition) is 1. The minimum Gasteiger partial charge on any atom is -0.468 e. The molecular weight excluding hydrogens is 304 g/mol. The SMILES string of the molecule is Cc1cccc(NC(=O)CN(Cc2ccco2)Cc2ccco2)c1. The maximum absolute atomic E-state index is 12.4. The molecule has 0 atom stereocenters. The van der Waals surface area contributed by atoms with Crippen molar-refractivity contribution in [2.24, 2.45) is 0 Å². The number of furan rings is 2. The van der Waals surface area contributed by atoms with Crippen LogP contribution in [0.1, 0.15) is 17.1 Å². The molecular formula is C19H20N2O3. The first-order valence-corrected chi connectivity index (χ1v) is 7.83. The zero-order chi connectivity index (χ0) is 16.8. The lowest BCUT2D eigenvalue weighted by Gasteiger charge is -2.19. The quantitative estimate of drug-likeness (QED) is 0.718. The standard InChI is InChI=1S/C19H20N2O3/c1-15-5-2-6-16(11-15)20-19(22)14-21(12-17-7-3-9-23-17)13-18-8-4-10-24-18/h2-11H,12-14H2,1H3,(H,20,22). The number of nitrogens with zero attached hydrogens (tertiary/aromatic N) is 1. The molecule has 0 bridgehead atoms. The Bertz CT molecular complexity index is 728. The summed E-state index contributed by atoms with van der Waals surface area (Å²) in [6, 6.07) is 15.2. The minimum absolute atomic E-state index is 0.0706. The molecule has 0 aliphatic rings. The molecule has 3 rings (SSSR count). The van der Waals surface area contributed by atoms with Gasteiger partial charge in [0.2, 0.25) is 5.91 Å². The number of amides is 1. The van der Waals surface area contributed by atoms with E-state index in [1.807, 2.05) is 60.4 Å².